The molecule has 3 rings (SSSR count). The Kier molecular flexibility index (Phi) is 3.73. The lowest BCUT2D eigenvalue weighted by Crippen LogP contribution is -2.35. The van der Waals surface area contributed by atoms with E-state index >= 15 is 0 Å². The predicted molar refractivity (Wildman–Crippen MR) is 79.2 cm³/mol. The second-order valence-electron chi connectivity index (χ2n) is 5.44. The van der Waals surface area contributed by atoms with Crippen molar-refractivity contribution >= 4 is 21.4 Å². The van der Waals surface area contributed by atoms with Crippen LogP contribution in [0.2, 0.25) is 0 Å². The highest BCUT2D eigenvalue weighted by atomic mass is 32.2. The molecule has 1 aliphatic rings. The summed E-state index contributed by atoms with van der Waals surface area (Å²) in [4.78, 5) is 23.9. The molecule has 8 nitrogen and oxygen atoms in total. The standard InChI is InChI=1S/C13H16N4O4S/c18-12(14-7-10-4-6-22(20,21)9-10)8-17-13(19)16-5-2-1-3-11(16)15-17/h1-3,5,10H,4,6-9H2,(H,14,18). The lowest BCUT2D eigenvalue weighted by atomic mass is 10.1. The van der Waals surface area contributed by atoms with Gasteiger partial charge in [0.2, 0.25) is 5.91 Å². The number of nitrogens with zero attached hydrogens (tertiary/aromatic N) is 3. The van der Waals surface area contributed by atoms with Gasteiger partial charge in [-0.05, 0) is 24.5 Å². The van der Waals surface area contributed by atoms with Crippen molar-refractivity contribution in [1.82, 2.24) is 19.5 Å². The topological polar surface area (TPSA) is 103 Å². The van der Waals surface area contributed by atoms with Gasteiger partial charge in [-0.15, -0.1) is 5.10 Å². The van der Waals surface area contributed by atoms with E-state index in [0.29, 0.717) is 18.6 Å². The van der Waals surface area contributed by atoms with E-state index in [9.17, 15) is 18.0 Å². The normalized spacial score (nSPS) is 20.3. The highest BCUT2D eigenvalue weighted by Crippen LogP contribution is 2.17. The van der Waals surface area contributed by atoms with Crippen LogP contribution in [0.5, 0.6) is 0 Å². The fourth-order valence-corrected chi connectivity index (χ4v) is 4.42. The van der Waals surface area contributed by atoms with Crippen LogP contribution in [0.4, 0.5) is 0 Å². The summed E-state index contributed by atoms with van der Waals surface area (Å²) >= 11 is 0. The number of aromatic nitrogens is 3. The zero-order valence-corrected chi connectivity index (χ0v) is 12.6. The fraction of sp³-hybridized carbons (Fsp3) is 0.462. The molecular formula is C13H16N4O4S. The minimum Gasteiger partial charge on any atom is -0.354 e. The van der Waals surface area contributed by atoms with E-state index in [-0.39, 0.29) is 35.6 Å². The Hall–Kier alpha value is -2.16. The SMILES string of the molecule is O=C(Cn1nc2ccccn2c1=O)NCC1CCS(=O)(=O)C1. The van der Waals surface area contributed by atoms with E-state index in [4.69, 9.17) is 0 Å². The lowest BCUT2D eigenvalue weighted by Gasteiger charge is -2.09. The molecule has 9 heteroatoms. The van der Waals surface area contributed by atoms with Gasteiger partial charge in [0.05, 0.1) is 11.5 Å². The number of carbonyl (C=O) groups is 1. The number of nitrogens with one attached hydrogen (secondary N) is 1. The molecule has 0 saturated carbocycles. The van der Waals surface area contributed by atoms with Gasteiger partial charge >= 0.3 is 5.69 Å². The van der Waals surface area contributed by atoms with E-state index in [1.165, 1.54) is 4.40 Å². The number of amides is 1. The van der Waals surface area contributed by atoms with Crippen LogP contribution in [0.3, 0.4) is 0 Å². The van der Waals surface area contributed by atoms with Crippen molar-refractivity contribution in [2.24, 2.45) is 5.92 Å². The molecule has 0 spiro atoms. The minimum absolute atomic E-state index is 0.0493. The van der Waals surface area contributed by atoms with Gasteiger partial charge in [-0.1, -0.05) is 6.07 Å². The molecule has 0 radical (unpaired) electrons. The average Bonchev–Trinajstić information content (AvgIpc) is 2.98. The largest absolute Gasteiger partial charge is 0.354 e. The van der Waals surface area contributed by atoms with E-state index in [1.807, 2.05) is 0 Å². The first-order valence-electron chi connectivity index (χ1n) is 6.96. The molecule has 1 unspecified atom stereocenters. The van der Waals surface area contributed by atoms with Gasteiger partial charge in [0.25, 0.3) is 0 Å². The Morgan fingerprint density at radius 1 is 1.41 bits per heavy atom. The number of rotatable bonds is 4. The molecule has 1 fully saturated rings. The maximum absolute atomic E-state index is 12.0. The summed E-state index contributed by atoms with van der Waals surface area (Å²) in [5.74, 6) is -0.109. The van der Waals surface area contributed by atoms with Crippen LogP contribution in [0, 0.1) is 5.92 Å². The van der Waals surface area contributed by atoms with Gasteiger partial charge in [0, 0.05) is 12.7 Å². The van der Waals surface area contributed by atoms with Crippen molar-refractivity contribution < 1.29 is 13.2 Å². The van der Waals surface area contributed by atoms with E-state index in [2.05, 4.69) is 10.4 Å². The third-order valence-electron chi connectivity index (χ3n) is 3.70. The summed E-state index contributed by atoms with van der Waals surface area (Å²) in [7, 11) is -2.95. The fourth-order valence-electron chi connectivity index (χ4n) is 2.55. The quantitative estimate of drug-likeness (QED) is 0.781. The van der Waals surface area contributed by atoms with Crippen LogP contribution in [0.1, 0.15) is 6.42 Å². The van der Waals surface area contributed by atoms with Crippen molar-refractivity contribution in [3.63, 3.8) is 0 Å². The molecule has 1 aliphatic heterocycles. The molecule has 1 amide bonds. The maximum Gasteiger partial charge on any atom is 0.350 e. The summed E-state index contributed by atoms with van der Waals surface area (Å²) in [6.45, 7) is 0.125. The second-order valence-corrected chi connectivity index (χ2v) is 7.67. The Morgan fingerprint density at radius 2 is 2.23 bits per heavy atom. The summed E-state index contributed by atoms with van der Waals surface area (Å²) in [5, 5.41) is 6.74. The summed E-state index contributed by atoms with van der Waals surface area (Å²) in [6.07, 6.45) is 2.15. The van der Waals surface area contributed by atoms with Crippen LogP contribution < -0.4 is 11.0 Å². The molecule has 0 bridgehead atoms. The number of hydrogen-bond donors (Lipinski definition) is 1. The van der Waals surface area contributed by atoms with Crippen molar-refractivity contribution in [1.29, 1.82) is 0 Å². The van der Waals surface area contributed by atoms with Gasteiger partial charge < -0.3 is 5.32 Å². The van der Waals surface area contributed by atoms with Crippen LogP contribution >= 0.6 is 0 Å². The molecule has 0 aromatic carbocycles. The van der Waals surface area contributed by atoms with Crippen molar-refractivity contribution in [2.45, 2.75) is 13.0 Å². The molecule has 118 valence electrons. The molecular weight excluding hydrogens is 308 g/mol. The van der Waals surface area contributed by atoms with Crippen molar-refractivity contribution in [2.75, 3.05) is 18.1 Å². The molecule has 2 aromatic heterocycles. The van der Waals surface area contributed by atoms with E-state index in [0.717, 1.165) is 4.68 Å². The molecule has 2 aromatic rings. The van der Waals surface area contributed by atoms with Gasteiger partial charge in [0.1, 0.15) is 6.54 Å². The first-order chi connectivity index (χ1) is 10.4. The minimum atomic E-state index is -2.95. The highest BCUT2D eigenvalue weighted by molar-refractivity contribution is 7.91. The van der Waals surface area contributed by atoms with E-state index < -0.39 is 9.84 Å². The van der Waals surface area contributed by atoms with Crippen LogP contribution in [-0.2, 0) is 21.2 Å². The molecule has 1 N–H and O–H groups in total. The van der Waals surface area contributed by atoms with Crippen LogP contribution in [-0.4, -0.2) is 46.6 Å². The van der Waals surface area contributed by atoms with Crippen LogP contribution in [0.25, 0.3) is 5.65 Å². The zero-order chi connectivity index (χ0) is 15.7. The Bertz CT molecular complexity index is 868. The predicted octanol–water partition coefficient (Wildman–Crippen LogP) is -0.953. The third kappa shape index (κ3) is 3.03. The highest BCUT2D eigenvalue weighted by Gasteiger charge is 2.27. The summed E-state index contributed by atoms with van der Waals surface area (Å²) < 4.78 is 25.2. The Labute approximate surface area is 126 Å². The molecule has 3 heterocycles. The van der Waals surface area contributed by atoms with E-state index in [1.54, 1.807) is 24.4 Å². The first kappa shape index (κ1) is 14.8. The van der Waals surface area contributed by atoms with Crippen molar-refractivity contribution in [3.8, 4) is 0 Å². The number of pyridine rings is 1. The third-order valence-corrected chi connectivity index (χ3v) is 5.53. The lowest BCUT2D eigenvalue weighted by molar-refractivity contribution is -0.122. The van der Waals surface area contributed by atoms with Gasteiger partial charge in [-0.3, -0.25) is 9.20 Å². The number of sulfone groups is 1. The number of carbonyl (C=O) groups excluding carboxylic acids is 1. The molecule has 0 aliphatic carbocycles. The average molecular weight is 324 g/mol. The molecule has 22 heavy (non-hydrogen) atoms. The number of hydrogen-bond acceptors (Lipinski definition) is 5. The summed E-state index contributed by atoms with van der Waals surface area (Å²) in [6, 6.07) is 5.15. The second kappa shape index (κ2) is 5.56. The smallest absolute Gasteiger partial charge is 0.350 e. The Morgan fingerprint density at radius 3 is 2.91 bits per heavy atom. The van der Waals surface area contributed by atoms with Gasteiger partial charge in [-0.2, -0.15) is 0 Å². The van der Waals surface area contributed by atoms with Crippen LogP contribution in [0.15, 0.2) is 29.2 Å². The zero-order valence-electron chi connectivity index (χ0n) is 11.8. The van der Waals surface area contributed by atoms with Gasteiger partial charge in [-0.25, -0.2) is 17.9 Å². The maximum atomic E-state index is 12.0. The Balaban J connectivity index is 1.62. The number of fused-ring (bicyclic) bond motifs is 1. The summed E-state index contributed by atoms with van der Waals surface area (Å²) in [5.41, 5.74) is 0.0939. The molecule has 1 saturated heterocycles. The van der Waals surface area contributed by atoms with Gasteiger partial charge in [0.15, 0.2) is 15.5 Å². The molecule has 1 atom stereocenters. The first-order valence-corrected chi connectivity index (χ1v) is 8.78. The monoisotopic (exact) mass is 324 g/mol. The van der Waals surface area contributed by atoms with Crippen molar-refractivity contribution in [3.05, 3.63) is 34.9 Å².